The smallest absolute Gasteiger partial charge is 0.239 e. The van der Waals surface area contributed by atoms with Crippen molar-refractivity contribution in [2.75, 3.05) is 26.7 Å². The third kappa shape index (κ3) is 3.18. The van der Waals surface area contributed by atoms with Gasteiger partial charge in [0, 0.05) is 25.7 Å². The first-order chi connectivity index (χ1) is 7.06. The quantitative estimate of drug-likeness (QED) is 0.732. The molecule has 0 aromatic rings. The van der Waals surface area contributed by atoms with Crippen molar-refractivity contribution in [1.29, 1.82) is 0 Å². The molecule has 4 nitrogen and oxygen atoms in total. The summed E-state index contributed by atoms with van der Waals surface area (Å²) < 4.78 is 0. The second kappa shape index (κ2) is 5.47. The number of hydrogen-bond acceptors (Lipinski definition) is 3. The van der Waals surface area contributed by atoms with Crippen molar-refractivity contribution in [1.82, 2.24) is 9.80 Å². The van der Waals surface area contributed by atoms with E-state index in [1.165, 1.54) is 0 Å². The van der Waals surface area contributed by atoms with Crippen LogP contribution >= 0.6 is 0 Å². The Hall–Kier alpha value is -0.610. The van der Waals surface area contributed by atoms with Crippen molar-refractivity contribution in [2.24, 2.45) is 5.73 Å². The van der Waals surface area contributed by atoms with Crippen LogP contribution in [0.5, 0.6) is 0 Å². The summed E-state index contributed by atoms with van der Waals surface area (Å²) >= 11 is 0. The summed E-state index contributed by atoms with van der Waals surface area (Å²) in [6, 6.07) is 0.141. The van der Waals surface area contributed by atoms with Crippen molar-refractivity contribution in [2.45, 2.75) is 38.8 Å². The molecule has 0 aromatic carbocycles. The van der Waals surface area contributed by atoms with Crippen LogP contribution in [0.3, 0.4) is 0 Å². The third-order valence-corrected chi connectivity index (χ3v) is 3.19. The lowest BCUT2D eigenvalue weighted by Crippen LogP contribution is -2.55. The molecule has 1 aliphatic rings. The van der Waals surface area contributed by atoms with Crippen molar-refractivity contribution < 1.29 is 4.79 Å². The van der Waals surface area contributed by atoms with Crippen LogP contribution in [0.1, 0.15) is 26.7 Å². The van der Waals surface area contributed by atoms with E-state index in [2.05, 4.69) is 25.8 Å². The van der Waals surface area contributed by atoms with E-state index in [0.717, 1.165) is 32.5 Å². The Morgan fingerprint density at radius 3 is 2.73 bits per heavy atom. The van der Waals surface area contributed by atoms with E-state index in [9.17, 15) is 4.79 Å². The first-order valence-electron chi connectivity index (χ1n) is 5.80. The van der Waals surface area contributed by atoms with Crippen molar-refractivity contribution >= 4 is 5.91 Å². The summed E-state index contributed by atoms with van der Waals surface area (Å²) in [4.78, 5) is 16.1. The molecule has 2 N–H and O–H groups in total. The Balaban J connectivity index is 2.47. The fourth-order valence-electron chi connectivity index (χ4n) is 1.92. The number of rotatable bonds is 3. The largest absolute Gasteiger partial charge is 0.339 e. The first kappa shape index (κ1) is 12.5. The highest BCUT2D eigenvalue weighted by molar-refractivity contribution is 5.81. The van der Waals surface area contributed by atoms with Crippen molar-refractivity contribution in [3.05, 3.63) is 0 Å². The predicted octanol–water partition coefficient (Wildman–Crippen LogP) is 0.276. The highest BCUT2D eigenvalue weighted by Crippen LogP contribution is 2.09. The molecule has 1 unspecified atom stereocenters. The lowest BCUT2D eigenvalue weighted by molar-refractivity contribution is -0.135. The van der Waals surface area contributed by atoms with Gasteiger partial charge in [-0.05, 0) is 20.4 Å². The number of amides is 1. The molecule has 1 fully saturated rings. The van der Waals surface area contributed by atoms with Gasteiger partial charge in [-0.15, -0.1) is 0 Å². The van der Waals surface area contributed by atoms with Gasteiger partial charge in [-0.1, -0.05) is 13.3 Å². The minimum Gasteiger partial charge on any atom is -0.339 e. The van der Waals surface area contributed by atoms with E-state index < -0.39 is 0 Å². The van der Waals surface area contributed by atoms with Crippen LogP contribution in [0.4, 0.5) is 0 Å². The lowest BCUT2D eigenvalue weighted by atomic mass is 10.1. The first-order valence-corrected chi connectivity index (χ1v) is 5.80. The van der Waals surface area contributed by atoms with Crippen LogP contribution in [0, 0.1) is 0 Å². The van der Waals surface area contributed by atoms with Gasteiger partial charge in [0.25, 0.3) is 0 Å². The summed E-state index contributed by atoms with van der Waals surface area (Å²) in [6.07, 6.45) is 1.76. The molecule has 0 bridgehead atoms. The molecule has 1 amide bonds. The molecule has 0 aliphatic carbocycles. The van der Waals surface area contributed by atoms with E-state index in [-0.39, 0.29) is 11.9 Å². The summed E-state index contributed by atoms with van der Waals surface area (Å²) in [5, 5.41) is 0. The van der Waals surface area contributed by atoms with E-state index in [0.29, 0.717) is 6.04 Å². The number of hydrogen-bond donors (Lipinski definition) is 1. The van der Waals surface area contributed by atoms with E-state index in [4.69, 9.17) is 5.73 Å². The molecule has 0 saturated carbocycles. The topological polar surface area (TPSA) is 49.6 Å². The number of likely N-dealkylation sites (N-methyl/N-ethyl adjacent to an activating group) is 1. The van der Waals surface area contributed by atoms with Crippen LogP contribution in [-0.4, -0.2) is 54.5 Å². The number of piperazine rings is 1. The summed E-state index contributed by atoms with van der Waals surface area (Å²) in [5.41, 5.74) is 5.83. The number of nitrogens with two attached hydrogens (primary N) is 1. The van der Waals surface area contributed by atoms with Gasteiger partial charge in [0.2, 0.25) is 5.91 Å². The summed E-state index contributed by atoms with van der Waals surface area (Å²) in [5.74, 6) is 0.122. The van der Waals surface area contributed by atoms with Crippen LogP contribution in [-0.2, 0) is 4.79 Å². The second-order valence-corrected chi connectivity index (χ2v) is 4.51. The molecule has 0 radical (unpaired) electrons. The molecule has 1 saturated heterocycles. The van der Waals surface area contributed by atoms with Gasteiger partial charge >= 0.3 is 0 Å². The molecule has 1 aliphatic heterocycles. The van der Waals surface area contributed by atoms with Gasteiger partial charge in [0.15, 0.2) is 0 Å². The fraction of sp³-hybridized carbons (Fsp3) is 0.909. The lowest BCUT2D eigenvalue weighted by Gasteiger charge is -2.38. The minimum absolute atomic E-state index is 0.122. The zero-order valence-corrected chi connectivity index (χ0v) is 10.1. The number of carbonyl (C=O) groups is 1. The van der Waals surface area contributed by atoms with Crippen molar-refractivity contribution in [3.8, 4) is 0 Å². The normalized spacial score (nSPS) is 25.3. The monoisotopic (exact) mass is 213 g/mol. The Morgan fingerprint density at radius 1 is 1.53 bits per heavy atom. The second-order valence-electron chi connectivity index (χ2n) is 4.51. The minimum atomic E-state index is -0.300. The standard InChI is InChI=1S/C11H23N3O/c1-4-5-10(12)11(15)14-7-6-13(3)9(2)8-14/h9-10H,4-8,12H2,1-3H3/t9?,10-/m1/s1. The molecular formula is C11H23N3O. The molecule has 88 valence electrons. The maximum atomic E-state index is 11.9. The average molecular weight is 213 g/mol. The maximum Gasteiger partial charge on any atom is 0.239 e. The number of carbonyl (C=O) groups excluding carboxylic acids is 1. The van der Waals surface area contributed by atoms with Crippen LogP contribution in [0.2, 0.25) is 0 Å². The van der Waals surface area contributed by atoms with Gasteiger partial charge in [-0.25, -0.2) is 0 Å². The van der Waals surface area contributed by atoms with Gasteiger partial charge in [0.1, 0.15) is 0 Å². The highest BCUT2D eigenvalue weighted by Gasteiger charge is 2.26. The van der Waals surface area contributed by atoms with Crippen LogP contribution in [0.15, 0.2) is 0 Å². The van der Waals surface area contributed by atoms with E-state index >= 15 is 0 Å². The average Bonchev–Trinajstić information content (AvgIpc) is 2.21. The SMILES string of the molecule is CCC[C@@H](N)C(=O)N1CCN(C)C(C)C1. The molecule has 2 atom stereocenters. The molecule has 15 heavy (non-hydrogen) atoms. The highest BCUT2D eigenvalue weighted by atomic mass is 16.2. The van der Waals surface area contributed by atoms with Crippen LogP contribution < -0.4 is 5.73 Å². The van der Waals surface area contributed by atoms with E-state index in [1.54, 1.807) is 0 Å². The van der Waals surface area contributed by atoms with Gasteiger partial charge in [0.05, 0.1) is 6.04 Å². The molecule has 0 spiro atoms. The van der Waals surface area contributed by atoms with Gasteiger partial charge < -0.3 is 15.5 Å². The predicted molar refractivity (Wildman–Crippen MR) is 61.6 cm³/mol. The Labute approximate surface area is 92.4 Å². The zero-order chi connectivity index (χ0) is 11.4. The van der Waals surface area contributed by atoms with E-state index in [1.807, 2.05) is 4.90 Å². The summed E-state index contributed by atoms with van der Waals surface area (Å²) in [7, 11) is 2.10. The fourth-order valence-corrected chi connectivity index (χ4v) is 1.92. The molecule has 1 heterocycles. The zero-order valence-electron chi connectivity index (χ0n) is 10.1. The molecule has 4 heteroatoms. The van der Waals surface area contributed by atoms with Crippen molar-refractivity contribution in [3.63, 3.8) is 0 Å². The van der Waals surface area contributed by atoms with Crippen LogP contribution in [0.25, 0.3) is 0 Å². The Morgan fingerprint density at radius 2 is 2.20 bits per heavy atom. The molecular weight excluding hydrogens is 190 g/mol. The van der Waals surface area contributed by atoms with Gasteiger partial charge in [-0.3, -0.25) is 4.79 Å². The maximum absolute atomic E-state index is 11.9. The van der Waals surface area contributed by atoms with Gasteiger partial charge in [-0.2, -0.15) is 0 Å². The Kier molecular flexibility index (Phi) is 4.54. The molecule has 0 aromatic heterocycles. The Bertz CT molecular complexity index is 220. The number of nitrogens with zero attached hydrogens (tertiary/aromatic N) is 2. The summed E-state index contributed by atoms with van der Waals surface area (Å²) in [6.45, 7) is 6.78. The third-order valence-electron chi connectivity index (χ3n) is 3.19. The molecule has 1 rings (SSSR count).